The maximum absolute atomic E-state index is 11.8. The van der Waals surface area contributed by atoms with Gasteiger partial charge in [0.2, 0.25) is 0 Å². The van der Waals surface area contributed by atoms with E-state index in [2.05, 4.69) is 31.4 Å². The molecule has 2 N–H and O–H groups in total. The molecular weight excluding hydrogens is 228 g/mol. The van der Waals surface area contributed by atoms with Gasteiger partial charge in [-0.1, -0.05) is 20.8 Å². The molecule has 1 fully saturated rings. The molecule has 0 aliphatic heterocycles. The normalized spacial score (nSPS) is 18.3. The summed E-state index contributed by atoms with van der Waals surface area (Å²) >= 11 is 0. The molecule has 0 bridgehead atoms. The number of rotatable bonds is 4. The fraction of sp³-hybridized carbons (Fsp3) is 0.929. The van der Waals surface area contributed by atoms with Crippen molar-refractivity contribution in [2.75, 3.05) is 6.54 Å². The summed E-state index contributed by atoms with van der Waals surface area (Å²) in [4.78, 5) is 11.8. The smallest absolute Gasteiger partial charge is 0.407 e. The summed E-state index contributed by atoms with van der Waals surface area (Å²) in [7, 11) is 0. The zero-order valence-electron chi connectivity index (χ0n) is 12.6. The molecule has 1 aliphatic carbocycles. The molecule has 4 heteroatoms. The monoisotopic (exact) mass is 256 g/mol. The van der Waals surface area contributed by atoms with Crippen LogP contribution in [-0.2, 0) is 4.74 Å². The Balaban J connectivity index is 2.46. The summed E-state index contributed by atoms with van der Waals surface area (Å²) in [5.41, 5.74) is -0.435. The number of hydrogen-bond donors (Lipinski definition) is 2. The van der Waals surface area contributed by atoms with Crippen LogP contribution in [0.5, 0.6) is 0 Å². The summed E-state index contributed by atoms with van der Waals surface area (Å²) in [5.74, 6) is 0. The van der Waals surface area contributed by atoms with E-state index < -0.39 is 5.60 Å². The maximum atomic E-state index is 11.8. The van der Waals surface area contributed by atoms with Crippen molar-refractivity contribution < 1.29 is 9.53 Å². The van der Waals surface area contributed by atoms with Crippen LogP contribution in [0, 0.1) is 5.41 Å². The van der Waals surface area contributed by atoms with E-state index in [-0.39, 0.29) is 17.6 Å². The summed E-state index contributed by atoms with van der Waals surface area (Å²) in [6, 6.07) is 0.725. The van der Waals surface area contributed by atoms with Gasteiger partial charge >= 0.3 is 6.09 Å². The average Bonchev–Trinajstić information content (AvgIpc) is 2.90. The van der Waals surface area contributed by atoms with Gasteiger partial charge in [0.25, 0.3) is 0 Å². The molecular formula is C14H28N2O2. The number of carbonyl (C=O) groups is 1. The number of carbonyl (C=O) groups excluding carboxylic acids is 1. The predicted molar refractivity (Wildman–Crippen MR) is 73.6 cm³/mol. The van der Waals surface area contributed by atoms with Gasteiger partial charge in [-0.05, 0) is 39.0 Å². The van der Waals surface area contributed by atoms with E-state index in [1.54, 1.807) is 0 Å². The SMILES string of the molecule is CC(C)(C)OC(=O)NC(CNC1CC1)C(C)(C)C. The van der Waals surface area contributed by atoms with Gasteiger partial charge in [-0.15, -0.1) is 0 Å². The molecule has 4 nitrogen and oxygen atoms in total. The van der Waals surface area contributed by atoms with Gasteiger partial charge in [0, 0.05) is 18.6 Å². The highest BCUT2D eigenvalue weighted by Crippen LogP contribution is 2.22. The van der Waals surface area contributed by atoms with Crippen molar-refractivity contribution in [3.63, 3.8) is 0 Å². The van der Waals surface area contributed by atoms with Gasteiger partial charge in [0.15, 0.2) is 0 Å². The van der Waals surface area contributed by atoms with E-state index in [1.807, 2.05) is 20.8 Å². The van der Waals surface area contributed by atoms with Crippen molar-refractivity contribution in [3.8, 4) is 0 Å². The molecule has 1 atom stereocenters. The highest BCUT2D eigenvalue weighted by Gasteiger charge is 2.30. The molecule has 1 saturated carbocycles. The molecule has 0 aromatic carbocycles. The van der Waals surface area contributed by atoms with Crippen LogP contribution in [0.3, 0.4) is 0 Å². The number of hydrogen-bond acceptors (Lipinski definition) is 3. The van der Waals surface area contributed by atoms with Gasteiger partial charge in [-0.25, -0.2) is 4.79 Å². The molecule has 0 aromatic rings. The maximum Gasteiger partial charge on any atom is 0.407 e. The van der Waals surface area contributed by atoms with Crippen LogP contribution in [0.1, 0.15) is 54.4 Å². The third-order valence-electron chi connectivity index (χ3n) is 2.92. The zero-order valence-corrected chi connectivity index (χ0v) is 12.6. The van der Waals surface area contributed by atoms with Gasteiger partial charge < -0.3 is 15.4 Å². The average molecular weight is 256 g/mol. The number of amides is 1. The largest absolute Gasteiger partial charge is 0.444 e. The Labute approximate surface area is 111 Å². The van der Waals surface area contributed by atoms with Crippen LogP contribution >= 0.6 is 0 Å². The summed E-state index contributed by atoms with van der Waals surface area (Å²) < 4.78 is 5.31. The van der Waals surface area contributed by atoms with Gasteiger partial charge in [0.1, 0.15) is 5.60 Å². The Hall–Kier alpha value is -0.770. The molecule has 1 rings (SSSR count). The van der Waals surface area contributed by atoms with E-state index in [4.69, 9.17) is 4.74 Å². The lowest BCUT2D eigenvalue weighted by Gasteiger charge is -2.32. The standard InChI is InChI=1S/C14H28N2O2/c1-13(2,3)11(9-15-10-7-8-10)16-12(17)18-14(4,5)6/h10-11,15H,7-9H2,1-6H3,(H,16,17). The summed E-state index contributed by atoms with van der Waals surface area (Å²) in [6.07, 6.45) is 2.17. The molecule has 1 amide bonds. The molecule has 0 aromatic heterocycles. The van der Waals surface area contributed by atoms with Crippen LogP contribution < -0.4 is 10.6 Å². The van der Waals surface area contributed by atoms with E-state index in [0.717, 1.165) is 6.54 Å². The third kappa shape index (κ3) is 6.24. The topological polar surface area (TPSA) is 50.4 Å². The van der Waals surface area contributed by atoms with E-state index in [1.165, 1.54) is 12.8 Å². The number of ether oxygens (including phenoxy) is 1. The molecule has 1 unspecified atom stereocenters. The molecule has 0 heterocycles. The fourth-order valence-electron chi connectivity index (χ4n) is 1.60. The zero-order chi connectivity index (χ0) is 14.0. The molecule has 0 saturated heterocycles. The highest BCUT2D eigenvalue weighted by molar-refractivity contribution is 5.68. The first-order chi connectivity index (χ1) is 8.08. The van der Waals surface area contributed by atoms with Crippen molar-refractivity contribution in [2.24, 2.45) is 5.41 Å². The first-order valence-corrected chi connectivity index (χ1v) is 6.81. The Kier molecular flexibility index (Phi) is 4.65. The summed E-state index contributed by atoms with van der Waals surface area (Å²) in [5, 5.41) is 6.43. The van der Waals surface area contributed by atoms with Gasteiger partial charge in [-0.3, -0.25) is 0 Å². The second-order valence-corrected chi connectivity index (χ2v) is 7.25. The first-order valence-electron chi connectivity index (χ1n) is 6.81. The van der Waals surface area contributed by atoms with E-state index in [9.17, 15) is 4.79 Å². The van der Waals surface area contributed by atoms with Gasteiger partial charge in [-0.2, -0.15) is 0 Å². The second-order valence-electron chi connectivity index (χ2n) is 7.25. The summed E-state index contributed by atoms with van der Waals surface area (Å²) in [6.45, 7) is 12.8. The molecule has 106 valence electrons. The minimum atomic E-state index is -0.448. The first kappa shape index (κ1) is 15.3. The van der Waals surface area contributed by atoms with E-state index >= 15 is 0 Å². The quantitative estimate of drug-likeness (QED) is 0.813. The predicted octanol–water partition coefficient (Wildman–Crippen LogP) is 2.68. The number of nitrogens with one attached hydrogen (secondary N) is 2. The van der Waals surface area contributed by atoms with Crippen LogP contribution in [0.4, 0.5) is 4.79 Å². The Bertz CT molecular complexity index is 285. The Morgan fingerprint density at radius 3 is 2.17 bits per heavy atom. The van der Waals surface area contributed by atoms with Crippen LogP contribution in [0.15, 0.2) is 0 Å². The third-order valence-corrected chi connectivity index (χ3v) is 2.92. The lowest BCUT2D eigenvalue weighted by molar-refractivity contribution is 0.0463. The fourth-order valence-corrected chi connectivity index (χ4v) is 1.60. The Morgan fingerprint density at radius 1 is 1.22 bits per heavy atom. The lowest BCUT2D eigenvalue weighted by atomic mass is 9.86. The van der Waals surface area contributed by atoms with Crippen LogP contribution in [0.2, 0.25) is 0 Å². The van der Waals surface area contributed by atoms with Crippen molar-refractivity contribution in [1.82, 2.24) is 10.6 Å². The minimum absolute atomic E-state index is 0.0127. The second kappa shape index (κ2) is 5.47. The van der Waals surface area contributed by atoms with E-state index in [0.29, 0.717) is 6.04 Å². The van der Waals surface area contributed by atoms with Crippen molar-refractivity contribution in [3.05, 3.63) is 0 Å². The number of alkyl carbamates (subject to hydrolysis) is 1. The molecule has 1 aliphatic rings. The van der Waals surface area contributed by atoms with Crippen molar-refractivity contribution in [2.45, 2.75) is 72.1 Å². The molecule has 0 spiro atoms. The van der Waals surface area contributed by atoms with Crippen molar-refractivity contribution >= 4 is 6.09 Å². The highest BCUT2D eigenvalue weighted by atomic mass is 16.6. The molecule has 18 heavy (non-hydrogen) atoms. The Morgan fingerprint density at radius 2 is 1.78 bits per heavy atom. The van der Waals surface area contributed by atoms with Crippen molar-refractivity contribution in [1.29, 1.82) is 0 Å². The molecule has 0 radical (unpaired) electrons. The van der Waals surface area contributed by atoms with Gasteiger partial charge in [0.05, 0.1) is 0 Å². The van der Waals surface area contributed by atoms with Crippen LogP contribution in [0.25, 0.3) is 0 Å². The van der Waals surface area contributed by atoms with Crippen LogP contribution in [-0.4, -0.2) is 30.3 Å². The minimum Gasteiger partial charge on any atom is -0.444 e. The lowest BCUT2D eigenvalue weighted by Crippen LogP contribution is -2.51.